The molecule has 1 saturated heterocycles. The lowest BCUT2D eigenvalue weighted by atomic mass is 9.86. The van der Waals surface area contributed by atoms with Crippen molar-refractivity contribution >= 4 is 5.97 Å². The van der Waals surface area contributed by atoms with Gasteiger partial charge in [0, 0.05) is 19.0 Å². The molecule has 2 rings (SSSR count). The number of carbonyl (C=O) groups is 1. The Kier molecular flexibility index (Phi) is 4.35. The van der Waals surface area contributed by atoms with Crippen molar-refractivity contribution in [2.75, 3.05) is 13.1 Å². The molecule has 4 nitrogen and oxygen atoms in total. The summed E-state index contributed by atoms with van der Waals surface area (Å²) in [4.78, 5) is 12.2. The van der Waals surface area contributed by atoms with Gasteiger partial charge < -0.3 is 15.8 Å². The molecule has 0 aromatic heterocycles. The second-order valence-corrected chi connectivity index (χ2v) is 4.95. The number of esters is 1. The molecule has 102 valence electrons. The van der Waals surface area contributed by atoms with Crippen LogP contribution in [0, 0.1) is 5.92 Å². The maximum Gasteiger partial charge on any atom is 0.328 e. The molecule has 1 aliphatic heterocycles. The molecule has 4 heteroatoms. The summed E-state index contributed by atoms with van der Waals surface area (Å²) >= 11 is 0. The van der Waals surface area contributed by atoms with E-state index in [0.717, 1.165) is 12.1 Å². The molecule has 19 heavy (non-hydrogen) atoms. The summed E-state index contributed by atoms with van der Waals surface area (Å²) in [5.74, 6) is -0.290. The van der Waals surface area contributed by atoms with Crippen molar-refractivity contribution in [3.8, 4) is 0 Å². The van der Waals surface area contributed by atoms with Gasteiger partial charge in [-0.1, -0.05) is 36.4 Å². The third kappa shape index (κ3) is 3.03. The smallest absolute Gasteiger partial charge is 0.328 e. The molecular weight excluding hydrogens is 240 g/mol. The molecule has 3 N–H and O–H groups in total. The fraction of sp³-hybridized carbons (Fsp3) is 0.400. The first-order valence-corrected chi connectivity index (χ1v) is 6.48. The van der Waals surface area contributed by atoms with Crippen LogP contribution in [0.4, 0.5) is 0 Å². The van der Waals surface area contributed by atoms with Crippen molar-refractivity contribution in [2.24, 2.45) is 11.7 Å². The van der Waals surface area contributed by atoms with E-state index in [1.807, 2.05) is 30.3 Å². The Hall–Kier alpha value is -1.65. The van der Waals surface area contributed by atoms with E-state index in [9.17, 15) is 4.79 Å². The topological polar surface area (TPSA) is 64.3 Å². The first kappa shape index (κ1) is 13.8. The molecule has 0 spiro atoms. The van der Waals surface area contributed by atoms with Crippen LogP contribution in [-0.2, 0) is 16.1 Å². The van der Waals surface area contributed by atoms with Gasteiger partial charge in [-0.25, -0.2) is 4.79 Å². The predicted octanol–water partition coefficient (Wildman–Crippen LogP) is 1.22. The quantitative estimate of drug-likeness (QED) is 0.617. The lowest BCUT2D eigenvalue weighted by molar-refractivity contribution is -0.152. The summed E-state index contributed by atoms with van der Waals surface area (Å²) in [6.45, 7) is 5.15. The maximum atomic E-state index is 12.2. The van der Waals surface area contributed by atoms with Crippen LogP contribution < -0.4 is 11.1 Å². The minimum absolute atomic E-state index is 0.0493. The van der Waals surface area contributed by atoms with Gasteiger partial charge in [-0.3, -0.25) is 0 Å². The van der Waals surface area contributed by atoms with E-state index in [1.165, 1.54) is 0 Å². The second-order valence-electron chi connectivity index (χ2n) is 4.95. The predicted molar refractivity (Wildman–Crippen MR) is 74.3 cm³/mol. The zero-order chi connectivity index (χ0) is 13.7. The molecule has 1 aliphatic rings. The Morgan fingerprint density at radius 2 is 2.26 bits per heavy atom. The lowest BCUT2D eigenvalue weighted by Crippen LogP contribution is -2.55. The highest BCUT2D eigenvalue weighted by molar-refractivity contribution is 5.82. The molecule has 1 unspecified atom stereocenters. The molecule has 0 amide bonds. The molecule has 1 heterocycles. The largest absolute Gasteiger partial charge is 0.459 e. The van der Waals surface area contributed by atoms with Gasteiger partial charge in [-0.2, -0.15) is 0 Å². The summed E-state index contributed by atoms with van der Waals surface area (Å²) in [6.07, 6.45) is 2.51. The van der Waals surface area contributed by atoms with Crippen molar-refractivity contribution in [1.82, 2.24) is 5.32 Å². The first-order chi connectivity index (χ1) is 9.16. The average Bonchev–Trinajstić information content (AvgIpc) is 2.80. The second kappa shape index (κ2) is 5.99. The van der Waals surface area contributed by atoms with Gasteiger partial charge in [-0.15, -0.1) is 6.58 Å². The van der Waals surface area contributed by atoms with Crippen LogP contribution in [0.25, 0.3) is 0 Å². The Bertz CT molecular complexity index is 447. The van der Waals surface area contributed by atoms with E-state index < -0.39 is 5.54 Å². The summed E-state index contributed by atoms with van der Waals surface area (Å²) in [7, 11) is 0. The third-order valence-corrected chi connectivity index (χ3v) is 3.58. The molecule has 0 saturated carbocycles. The van der Waals surface area contributed by atoms with Crippen LogP contribution >= 0.6 is 0 Å². The van der Waals surface area contributed by atoms with Gasteiger partial charge in [0.1, 0.15) is 12.1 Å². The molecule has 2 atom stereocenters. The number of hydrogen-bond donors (Lipinski definition) is 2. The number of rotatable bonds is 5. The number of benzene rings is 1. The van der Waals surface area contributed by atoms with Crippen molar-refractivity contribution in [1.29, 1.82) is 0 Å². The van der Waals surface area contributed by atoms with Crippen LogP contribution in [0.2, 0.25) is 0 Å². The van der Waals surface area contributed by atoms with E-state index in [1.54, 1.807) is 6.08 Å². The van der Waals surface area contributed by atoms with E-state index in [4.69, 9.17) is 10.5 Å². The third-order valence-electron chi connectivity index (χ3n) is 3.58. The van der Waals surface area contributed by atoms with Gasteiger partial charge in [-0.05, 0) is 12.0 Å². The number of carbonyl (C=O) groups excluding carboxylic acids is 1. The number of nitrogens with two attached hydrogens (primary N) is 1. The lowest BCUT2D eigenvalue weighted by Gasteiger charge is -2.27. The van der Waals surface area contributed by atoms with E-state index in [0.29, 0.717) is 13.0 Å². The van der Waals surface area contributed by atoms with Crippen LogP contribution in [0.3, 0.4) is 0 Å². The summed E-state index contributed by atoms with van der Waals surface area (Å²) < 4.78 is 5.35. The molecule has 1 aromatic rings. The maximum absolute atomic E-state index is 12.2. The minimum atomic E-state index is -0.941. The summed E-state index contributed by atoms with van der Waals surface area (Å²) in [5.41, 5.74) is 6.23. The molecule has 0 bridgehead atoms. The molecule has 0 radical (unpaired) electrons. The Labute approximate surface area is 113 Å². The SMILES string of the molecule is C=CCC1CNC[C@@]1(N)C(=O)OCc1ccccc1. The zero-order valence-corrected chi connectivity index (χ0v) is 11.0. The Morgan fingerprint density at radius 1 is 1.53 bits per heavy atom. The normalized spacial score (nSPS) is 26.1. The highest BCUT2D eigenvalue weighted by atomic mass is 16.5. The highest BCUT2D eigenvalue weighted by Crippen LogP contribution is 2.24. The molecule has 1 aromatic carbocycles. The molecular formula is C15H20N2O2. The van der Waals surface area contributed by atoms with Crippen LogP contribution in [0.5, 0.6) is 0 Å². The Morgan fingerprint density at radius 3 is 2.95 bits per heavy atom. The highest BCUT2D eigenvalue weighted by Gasteiger charge is 2.46. The van der Waals surface area contributed by atoms with Gasteiger partial charge in [0.15, 0.2) is 0 Å². The van der Waals surface area contributed by atoms with Crippen LogP contribution in [0.15, 0.2) is 43.0 Å². The first-order valence-electron chi connectivity index (χ1n) is 6.48. The van der Waals surface area contributed by atoms with Gasteiger partial charge in [0.2, 0.25) is 0 Å². The number of nitrogens with one attached hydrogen (secondary N) is 1. The van der Waals surface area contributed by atoms with E-state index in [2.05, 4.69) is 11.9 Å². The monoisotopic (exact) mass is 260 g/mol. The minimum Gasteiger partial charge on any atom is -0.459 e. The number of hydrogen-bond acceptors (Lipinski definition) is 4. The summed E-state index contributed by atoms with van der Waals surface area (Å²) in [6, 6.07) is 9.60. The zero-order valence-electron chi connectivity index (χ0n) is 11.0. The Balaban J connectivity index is 1.97. The fourth-order valence-corrected chi connectivity index (χ4v) is 2.37. The van der Waals surface area contributed by atoms with Crippen molar-refractivity contribution < 1.29 is 9.53 Å². The standard InChI is InChI=1S/C15H20N2O2/c1-2-6-13-9-17-11-15(13,16)14(18)19-10-12-7-4-3-5-8-12/h2-5,7-8,13,17H,1,6,9-11,16H2/t13?,15-/m0/s1. The molecule has 0 aliphatic carbocycles. The summed E-state index contributed by atoms with van der Waals surface area (Å²) in [5, 5.41) is 3.15. The average molecular weight is 260 g/mol. The fourth-order valence-electron chi connectivity index (χ4n) is 2.37. The van der Waals surface area contributed by atoms with Crippen LogP contribution in [-0.4, -0.2) is 24.6 Å². The van der Waals surface area contributed by atoms with Crippen molar-refractivity contribution in [3.05, 3.63) is 48.6 Å². The van der Waals surface area contributed by atoms with Gasteiger partial charge >= 0.3 is 5.97 Å². The van der Waals surface area contributed by atoms with E-state index in [-0.39, 0.29) is 18.5 Å². The number of ether oxygens (including phenoxy) is 1. The van der Waals surface area contributed by atoms with Crippen LogP contribution in [0.1, 0.15) is 12.0 Å². The number of allylic oxidation sites excluding steroid dienone is 1. The van der Waals surface area contributed by atoms with Gasteiger partial charge in [0.05, 0.1) is 0 Å². The molecule has 1 fully saturated rings. The van der Waals surface area contributed by atoms with E-state index >= 15 is 0 Å². The van der Waals surface area contributed by atoms with Crippen molar-refractivity contribution in [2.45, 2.75) is 18.6 Å². The van der Waals surface area contributed by atoms with Gasteiger partial charge in [0.25, 0.3) is 0 Å². The van der Waals surface area contributed by atoms with Crippen molar-refractivity contribution in [3.63, 3.8) is 0 Å².